The lowest BCUT2D eigenvalue weighted by molar-refractivity contribution is -0.114. The molecule has 7 nitrogen and oxygen atoms in total. The molecule has 3 rings (SSSR count). The fourth-order valence-corrected chi connectivity index (χ4v) is 1.97. The van der Waals surface area contributed by atoms with Crippen molar-refractivity contribution < 1.29 is 9.21 Å². The fourth-order valence-electron chi connectivity index (χ4n) is 1.97. The molecule has 2 aromatic rings. The number of fused-ring (bicyclic) bond motifs is 1. The first kappa shape index (κ1) is 11.5. The molecule has 1 aliphatic heterocycles. The van der Waals surface area contributed by atoms with Gasteiger partial charge in [-0.05, 0) is 12.1 Å². The number of hydrogen-bond acceptors (Lipinski definition) is 6. The van der Waals surface area contributed by atoms with Crippen LogP contribution in [0.4, 0.5) is 17.3 Å². The maximum absolute atomic E-state index is 11.5. The summed E-state index contributed by atoms with van der Waals surface area (Å²) in [4.78, 5) is 21.7. The second-order valence-corrected chi connectivity index (χ2v) is 4.26. The summed E-state index contributed by atoms with van der Waals surface area (Å²) in [5.74, 6) is 2.01. The van der Waals surface area contributed by atoms with Gasteiger partial charge in [-0.3, -0.25) is 4.79 Å². The Labute approximate surface area is 109 Å². The monoisotopic (exact) mass is 259 g/mol. The van der Waals surface area contributed by atoms with Crippen molar-refractivity contribution in [2.45, 2.75) is 6.54 Å². The van der Waals surface area contributed by atoms with Crippen LogP contribution in [0.3, 0.4) is 0 Å². The Morgan fingerprint density at radius 1 is 1.47 bits per heavy atom. The number of rotatable bonds is 3. The van der Waals surface area contributed by atoms with E-state index in [0.717, 1.165) is 5.76 Å². The van der Waals surface area contributed by atoms with Gasteiger partial charge in [0.1, 0.15) is 17.8 Å². The summed E-state index contributed by atoms with van der Waals surface area (Å²) in [5, 5.41) is 5.74. The van der Waals surface area contributed by atoms with E-state index in [-0.39, 0.29) is 12.5 Å². The largest absolute Gasteiger partial charge is 0.467 e. The fraction of sp³-hybridized carbons (Fsp3) is 0.250. The molecule has 1 aliphatic rings. The molecule has 0 aliphatic carbocycles. The van der Waals surface area contributed by atoms with Crippen LogP contribution in [0, 0.1) is 0 Å². The van der Waals surface area contributed by atoms with Crippen molar-refractivity contribution in [3.05, 3.63) is 30.5 Å². The minimum absolute atomic E-state index is 0.102. The summed E-state index contributed by atoms with van der Waals surface area (Å²) in [5.41, 5.74) is 0.604. The molecule has 0 bridgehead atoms. The Balaban J connectivity index is 1.90. The highest BCUT2D eigenvalue weighted by Crippen LogP contribution is 2.31. The summed E-state index contributed by atoms with van der Waals surface area (Å²) in [6, 6.07) is 3.73. The second-order valence-electron chi connectivity index (χ2n) is 4.26. The molecule has 0 fully saturated rings. The minimum atomic E-state index is -0.102. The van der Waals surface area contributed by atoms with Gasteiger partial charge < -0.3 is 20.0 Å². The first-order valence-corrected chi connectivity index (χ1v) is 5.86. The average Bonchev–Trinajstić information content (AvgIpc) is 2.90. The highest BCUT2D eigenvalue weighted by Gasteiger charge is 2.21. The lowest BCUT2D eigenvalue weighted by Crippen LogP contribution is -2.30. The third-order valence-electron chi connectivity index (χ3n) is 2.84. The van der Waals surface area contributed by atoms with Gasteiger partial charge in [0.15, 0.2) is 11.6 Å². The van der Waals surface area contributed by atoms with Crippen molar-refractivity contribution in [2.24, 2.45) is 0 Å². The van der Waals surface area contributed by atoms with Crippen molar-refractivity contribution in [3.63, 3.8) is 0 Å². The highest BCUT2D eigenvalue weighted by molar-refractivity contribution is 6.02. The third-order valence-corrected chi connectivity index (χ3v) is 2.84. The number of carbonyl (C=O) groups excluding carboxylic acids is 1. The predicted octanol–water partition coefficient (Wildman–Crippen LogP) is 1.07. The first-order chi connectivity index (χ1) is 9.24. The van der Waals surface area contributed by atoms with Crippen LogP contribution in [-0.4, -0.2) is 29.5 Å². The van der Waals surface area contributed by atoms with E-state index in [0.29, 0.717) is 23.9 Å². The van der Waals surface area contributed by atoms with Crippen LogP contribution in [-0.2, 0) is 11.3 Å². The van der Waals surface area contributed by atoms with Crippen molar-refractivity contribution in [2.75, 3.05) is 29.1 Å². The van der Waals surface area contributed by atoms with Crippen LogP contribution >= 0.6 is 0 Å². The zero-order valence-electron chi connectivity index (χ0n) is 10.4. The van der Waals surface area contributed by atoms with Crippen LogP contribution < -0.4 is 15.5 Å². The van der Waals surface area contributed by atoms with Gasteiger partial charge in [-0.15, -0.1) is 0 Å². The smallest absolute Gasteiger partial charge is 0.243 e. The zero-order chi connectivity index (χ0) is 13.2. The number of hydrogen-bond donors (Lipinski definition) is 2. The van der Waals surface area contributed by atoms with Gasteiger partial charge in [-0.25, -0.2) is 9.97 Å². The SMILES string of the molecule is CN(Cc1ccco1)c1ncnc2c1NC(=O)CN2. The van der Waals surface area contributed by atoms with Crippen LogP contribution in [0.5, 0.6) is 0 Å². The number of amides is 1. The second kappa shape index (κ2) is 4.60. The van der Waals surface area contributed by atoms with Gasteiger partial charge in [0.05, 0.1) is 19.4 Å². The van der Waals surface area contributed by atoms with E-state index >= 15 is 0 Å². The molecule has 3 heterocycles. The highest BCUT2D eigenvalue weighted by atomic mass is 16.3. The van der Waals surface area contributed by atoms with E-state index in [2.05, 4.69) is 20.6 Å². The van der Waals surface area contributed by atoms with Crippen molar-refractivity contribution in [3.8, 4) is 0 Å². The molecule has 19 heavy (non-hydrogen) atoms. The zero-order valence-corrected chi connectivity index (χ0v) is 10.4. The van der Waals surface area contributed by atoms with E-state index in [1.807, 2.05) is 24.1 Å². The molecule has 2 N–H and O–H groups in total. The third kappa shape index (κ3) is 2.22. The van der Waals surface area contributed by atoms with Crippen LogP contribution in [0.2, 0.25) is 0 Å². The minimum Gasteiger partial charge on any atom is -0.467 e. The molecule has 0 radical (unpaired) electrons. The molecule has 0 saturated carbocycles. The van der Waals surface area contributed by atoms with Crippen LogP contribution in [0.1, 0.15) is 5.76 Å². The lowest BCUT2D eigenvalue weighted by atomic mass is 10.3. The molecule has 0 unspecified atom stereocenters. The van der Waals surface area contributed by atoms with Gasteiger partial charge in [0, 0.05) is 7.05 Å². The molecule has 1 amide bonds. The van der Waals surface area contributed by atoms with E-state index in [4.69, 9.17) is 4.42 Å². The Morgan fingerprint density at radius 2 is 2.37 bits per heavy atom. The van der Waals surface area contributed by atoms with Gasteiger partial charge in [0.25, 0.3) is 0 Å². The van der Waals surface area contributed by atoms with Crippen LogP contribution in [0.25, 0.3) is 0 Å². The summed E-state index contributed by atoms with van der Waals surface area (Å²) >= 11 is 0. The maximum atomic E-state index is 11.5. The summed E-state index contributed by atoms with van der Waals surface area (Å²) in [6.45, 7) is 0.789. The molecule has 0 aromatic carbocycles. The average molecular weight is 259 g/mol. The summed E-state index contributed by atoms with van der Waals surface area (Å²) in [7, 11) is 1.88. The maximum Gasteiger partial charge on any atom is 0.243 e. The van der Waals surface area contributed by atoms with Gasteiger partial charge in [-0.1, -0.05) is 0 Å². The topological polar surface area (TPSA) is 83.3 Å². The first-order valence-electron chi connectivity index (χ1n) is 5.86. The van der Waals surface area contributed by atoms with Gasteiger partial charge in [-0.2, -0.15) is 0 Å². The predicted molar refractivity (Wildman–Crippen MR) is 70.0 cm³/mol. The Morgan fingerprint density at radius 3 is 3.16 bits per heavy atom. The molecule has 0 spiro atoms. The van der Waals surface area contributed by atoms with Gasteiger partial charge in [0.2, 0.25) is 5.91 Å². The van der Waals surface area contributed by atoms with E-state index in [1.165, 1.54) is 6.33 Å². The number of anilines is 3. The van der Waals surface area contributed by atoms with Crippen molar-refractivity contribution in [1.82, 2.24) is 9.97 Å². The number of aromatic nitrogens is 2. The lowest BCUT2D eigenvalue weighted by Gasteiger charge is -2.24. The van der Waals surface area contributed by atoms with Crippen molar-refractivity contribution in [1.29, 1.82) is 0 Å². The molecular weight excluding hydrogens is 246 g/mol. The van der Waals surface area contributed by atoms with E-state index in [1.54, 1.807) is 6.26 Å². The molecule has 7 heteroatoms. The number of nitrogens with one attached hydrogen (secondary N) is 2. The van der Waals surface area contributed by atoms with E-state index < -0.39 is 0 Å². The van der Waals surface area contributed by atoms with Gasteiger partial charge >= 0.3 is 0 Å². The quantitative estimate of drug-likeness (QED) is 0.857. The molecule has 98 valence electrons. The standard InChI is InChI=1S/C12H13N5O2/c1-17(6-8-3-2-4-19-8)12-10-11(14-7-15-12)13-5-9(18)16-10/h2-4,7H,5-6H2,1H3,(H,16,18)(H,13,14,15). The Kier molecular flexibility index (Phi) is 2.79. The number of furan rings is 1. The molecular formula is C12H13N5O2. The van der Waals surface area contributed by atoms with E-state index in [9.17, 15) is 4.79 Å². The molecule has 0 atom stereocenters. The number of nitrogens with zero attached hydrogens (tertiary/aromatic N) is 3. The molecule has 2 aromatic heterocycles. The van der Waals surface area contributed by atoms with Crippen molar-refractivity contribution >= 4 is 23.2 Å². The number of carbonyl (C=O) groups is 1. The van der Waals surface area contributed by atoms with Crippen LogP contribution in [0.15, 0.2) is 29.1 Å². The Bertz CT molecular complexity index is 596. The molecule has 0 saturated heterocycles. The normalized spacial score (nSPS) is 13.4. The Hall–Kier alpha value is -2.57. The summed E-state index contributed by atoms with van der Waals surface area (Å²) < 4.78 is 5.30. The summed E-state index contributed by atoms with van der Waals surface area (Å²) in [6.07, 6.45) is 3.10.